The van der Waals surface area contributed by atoms with Gasteiger partial charge in [0.25, 0.3) is 11.8 Å². The van der Waals surface area contributed by atoms with E-state index < -0.39 is 0 Å². The molecule has 1 aliphatic rings. The Balaban J connectivity index is 1.55. The van der Waals surface area contributed by atoms with Crippen LogP contribution in [0.4, 0.5) is 5.69 Å². The van der Waals surface area contributed by atoms with Gasteiger partial charge in [0.1, 0.15) is 0 Å². The molecule has 164 valence electrons. The highest BCUT2D eigenvalue weighted by atomic mass is 16.2. The predicted molar refractivity (Wildman–Crippen MR) is 121 cm³/mol. The van der Waals surface area contributed by atoms with Crippen molar-refractivity contribution in [1.29, 1.82) is 0 Å². The Kier molecular flexibility index (Phi) is 7.78. The molecule has 1 fully saturated rings. The molecule has 0 atom stereocenters. The van der Waals surface area contributed by atoms with Gasteiger partial charge in [0.05, 0.1) is 17.8 Å². The molecule has 2 aromatic rings. The highest BCUT2D eigenvalue weighted by Crippen LogP contribution is 2.20. The number of amides is 3. The highest BCUT2D eigenvalue weighted by molar-refractivity contribution is 6.04. The minimum atomic E-state index is -0.189. The summed E-state index contributed by atoms with van der Waals surface area (Å²) in [6, 6.07) is 14.6. The lowest BCUT2D eigenvalue weighted by Crippen LogP contribution is -2.34. The summed E-state index contributed by atoms with van der Waals surface area (Å²) in [7, 11) is 3.45. The van der Waals surface area contributed by atoms with Crippen LogP contribution in [0, 0.1) is 0 Å². The van der Waals surface area contributed by atoms with Gasteiger partial charge in [0, 0.05) is 25.2 Å². The molecule has 0 saturated heterocycles. The van der Waals surface area contributed by atoms with E-state index in [-0.39, 0.29) is 30.3 Å². The molecule has 0 heterocycles. The molecule has 0 radical (unpaired) electrons. The van der Waals surface area contributed by atoms with Gasteiger partial charge in [-0.05, 0) is 49.7 Å². The lowest BCUT2D eigenvalue weighted by atomic mass is 10.1. The molecule has 7 heteroatoms. The van der Waals surface area contributed by atoms with E-state index in [4.69, 9.17) is 0 Å². The van der Waals surface area contributed by atoms with Gasteiger partial charge >= 0.3 is 0 Å². The second-order valence-electron chi connectivity index (χ2n) is 8.00. The quantitative estimate of drug-likeness (QED) is 0.610. The van der Waals surface area contributed by atoms with Crippen LogP contribution in [0.15, 0.2) is 48.5 Å². The molecule has 3 amide bonds. The maximum absolute atomic E-state index is 12.7. The Bertz CT molecular complexity index is 921. The fourth-order valence-corrected chi connectivity index (χ4v) is 3.83. The zero-order chi connectivity index (χ0) is 22.2. The third-order valence-corrected chi connectivity index (χ3v) is 5.45. The standard InChI is InChI=1S/C24H30N4O3/c1-25-23(30)18-13-11-17(12-14-18)15-28(2)16-22(29)27-21-10-6-5-9-20(21)24(31)26-19-7-3-4-8-19/h5-6,9-14,19H,3-4,7-8,15-16H2,1-2H3,(H,25,30)(H,26,31)(H,27,29). The number of carbonyl (C=O) groups is 3. The maximum atomic E-state index is 12.7. The van der Waals surface area contributed by atoms with Gasteiger partial charge in [-0.2, -0.15) is 0 Å². The van der Waals surface area contributed by atoms with Crippen LogP contribution >= 0.6 is 0 Å². The molecule has 3 rings (SSSR count). The van der Waals surface area contributed by atoms with E-state index in [2.05, 4.69) is 16.0 Å². The average molecular weight is 423 g/mol. The van der Waals surface area contributed by atoms with Crippen LogP contribution in [0.25, 0.3) is 0 Å². The van der Waals surface area contributed by atoms with Crippen molar-refractivity contribution in [3.8, 4) is 0 Å². The molecule has 0 aliphatic heterocycles. The van der Waals surface area contributed by atoms with Gasteiger partial charge in [0.15, 0.2) is 0 Å². The smallest absolute Gasteiger partial charge is 0.253 e. The second-order valence-corrected chi connectivity index (χ2v) is 8.00. The van der Waals surface area contributed by atoms with Crippen LogP contribution in [-0.4, -0.2) is 49.3 Å². The number of hydrogen-bond donors (Lipinski definition) is 3. The molecule has 0 aromatic heterocycles. The van der Waals surface area contributed by atoms with Crippen molar-refractivity contribution < 1.29 is 14.4 Å². The Morgan fingerprint density at radius 2 is 1.65 bits per heavy atom. The van der Waals surface area contributed by atoms with E-state index >= 15 is 0 Å². The minimum Gasteiger partial charge on any atom is -0.355 e. The van der Waals surface area contributed by atoms with E-state index in [0.29, 0.717) is 23.4 Å². The lowest BCUT2D eigenvalue weighted by molar-refractivity contribution is -0.117. The summed E-state index contributed by atoms with van der Waals surface area (Å²) in [5, 5.41) is 8.53. The summed E-state index contributed by atoms with van der Waals surface area (Å²) in [5.41, 5.74) is 2.60. The summed E-state index contributed by atoms with van der Waals surface area (Å²) >= 11 is 0. The summed E-state index contributed by atoms with van der Waals surface area (Å²) < 4.78 is 0. The van der Waals surface area contributed by atoms with Crippen LogP contribution in [0.5, 0.6) is 0 Å². The van der Waals surface area contributed by atoms with E-state index in [1.165, 1.54) is 0 Å². The monoisotopic (exact) mass is 422 g/mol. The number of anilines is 1. The van der Waals surface area contributed by atoms with E-state index in [0.717, 1.165) is 31.2 Å². The van der Waals surface area contributed by atoms with Crippen LogP contribution in [0.3, 0.4) is 0 Å². The molecule has 31 heavy (non-hydrogen) atoms. The summed E-state index contributed by atoms with van der Waals surface area (Å²) in [6.45, 7) is 0.737. The van der Waals surface area contributed by atoms with Gasteiger partial charge in [-0.3, -0.25) is 19.3 Å². The normalized spacial score (nSPS) is 13.8. The Morgan fingerprint density at radius 3 is 2.32 bits per heavy atom. The van der Waals surface area contributed by atoms with Gasteiger partial charge < -0.3 is 16.0 Å². The molecular formula is C24H30N4O3. The van der Waals surface area contributed by atoms with Crippen LogP contribution in [0.2, 0.25) is 0 Å². The van der Waals surface area contributed by atoms with Crippen molar-refractivity contribution in [2.75, 3.05) is 26.0 Å². The lowest BCUT2D eigenvalue weighted by Gasteiger charge is -2.18. The van der Waals surface area contributed by atoms with Crippen LogP contribution < -0.4 is 16.0 Å². The number of hydrogen-bond acceptors (Lipinski definition) is 4. The largest absolute Gasteiger partial charge is 0.355 e. The van der Waals surface area contributed by atoms with Gasteiger partial charge in [0.2, 0.25) is 5.91 Å². The van der Waals surface area contributed by atoms with Crippen molar-refractivity contribution in [1.82, 2.24) is 15.5 Å². The maximum Gasteiger partial charge on any atom is 0.253 e. The summed E-state index contributed by atoms with van der Waals surface area (Å²) in [6.07, 6.45) is 4.30. The SMILES string of the molecule is CNC(=O)c1ccc(CN(C)CC(=O)Nc2ccccc2C(=O)NC2CCCC2)cc1. The highest BCUT2D eigenvalue weighted by Gasteiger charge is 2.20. The first-order chi connectivity index (χ1) is 15.0. The minimum absolute atomic E-state index is 0.130. The molecule has 2 aromatic carbocycles. The first-order valence-electron chi connectivity index (χ1n) is 10.7. The zero-order valence-electron chi connectivity index (χ0n) is 18.1. The van der Waals surface area contributed by atoms with Crippen molar-refractivity contribution in [3.05, 3.63) is 65.2 Å². The summed E-state index contributed by atoms with van der Waals surface area (Å²) in [5.74, 6) is -0.465. The van der Waals surface area contributed by atoms with E-state index in [9.17, 15) is 14.4 Å². The Morgan fingerprint density at radius 1 is 0.968 bits per heavy atom. The number of carbonyl (C=O) groups excluding carboxylic acids is 3. The predicted octanol–water partition coefficient (Wildman–Crippen LogP) is 2.79. The molecule has 3 N–H and O–H groups in total. The molecule has 0 unspecified atom stereocenters. The second kappa shape index (κ2) is 10.7. The number of rotatable bonds is 8. The molecule has 1 saturated carbocycles. The Hall–Kier alpha value is -3.19. The van der Waals surface area contributed by atoms with Crippen molar-refractivity contribution in [2.24, 2.45) is 0 Å². The number of nitrogens with zero attached hydrogens (tertiary/aromatic N) is 1. The Labute approximate surface area is 183 Å². The first kappa shape index (κ1) is 22.5. The number of benzene rings is 2. The number of likely N-dealkylation sites (N-methyl/N-ethyl adjacent to an activating group) is 1. The zero-order valence-corrected chi connectivity index (χ0v) is 18.1. The van der Waals surface area contributed by atoms with E-state index in [1.54, 1.807) is 43.4 Å². The average Bonchev–Trinajstić information content (AvgIpc) is 3.27. The molecular weight excluding hydrogens is 392 g/mol. The van der Waals surface area contributed by atoms with Gasteiger partial charge in [-0.15, -0.1) is 0 Å². The van der Waals surface area contributed by atoms with Crippen molar-refractivity contribution in [3.63, 3.8) is 0 Å². The number of para-hydroxylation sites is 1. The molecule has 0 spiro atoms. The van der Waals surface area contributed by atoms with Gasteiger partial charge in [-0.1, -0.05) is 37.1 Å². The summed E-state index contributed by atoms with van der Waals surface area (Å²) in [4.78, 5) is 38.8. The van der Waals surface area contributed by atoms with Crippen molar-refractivity contribution in [2.45, 2.75) is 38.3 Å². The fraction of sp³-hybridized carbons (Fsp3) is 0.375. The topological polar surface area (TPSA) is 90.5 Å². The van der Waals surface area contributed by atoms with Crippen molar-refractivity contribution >= 4 is 23.4 Å². The van der Waals surface area contributed by atoms with Gasteiger partial charge in [-0.25, -0.2) is 0 Å². The van der Waals surface area contributed by atoms with Crippen LogP contribution in [-0.2, 0) is 11.3 Å². The van der Waals surface area contributed by atoms with Crippen LogP contribution in [0.1, 0.15) is 52.0 Å². The molecule has 1 aliphatic carbocycles. The third-order valence-electron chi connectivity index (χ3n) is 5.45. The first-order valence-corrected chi connectivity index (χ1v) is 10.7. The number of nitrogens with one attached hydrogen (secondary N) is 3. The van der Waals surface area contributed by atoms with E-state index in [1.807, 2.05) is 24.1 Å². The molecule has 0 bridgehead atoms. The molecule has 7 nitrogen and oxygen atoms in total. The third kappa shape index (κ3) is 6.39. The fourth-order valence-electron chi connectivity index (χ4n) is 3.83.